The minimum atomic E-state index is 0.798. The van der Waals surface area contributed by atoms with Crippen LogP contribution in [-0.2, 0) is 4.74 Å². The fraction of sp³-hybridized carbons (Fsp3) is 0.417. The monoisotopic (exact) mass is 190 g/mol. The zero-order chi connectivity index (χ0) is 10.1. The Balaban J connectivity index is 2.52. The Morgan fingerprint density at radius 1 is 1.14 bits per heavy atom. The molecule has 1 aromatic rings. The van der Waals surface area contributed by atoms with Crippen LogP contribution in [0.1, 0.15) is 16.7 Å². The van der Waals surface area contributed by atoms with Crippen LogP contribution < -0.4 is 0 Å². The van der Waals surface area contributed by atoms with Crippen LogP contribution in [0.4, 0.5) is 5.69 Å². The molecule has 0 spiro atoms. The maximum atomic E-state index is 5.25. The number of benzene rings is 1. The summed E-state index contributed by atoms with van der Waals surface area (Å²) in [5.74, 6) is 0. The van der Waals surface area contributed by atoms with Crippen LogP contribution in [-0.4, -0.2) is 24.1 Å². The lowest BCUT2D eigenvalue weighted by molar-refractivity contribution is -0.425. The van der Waals surface area contributed by atoms with Crippen LogP contribution in [0.5, 0.6) is 0 Å². The molecule has 0 saturated carbocycles. The van der Waals surface area contributed by atoms with Gasteiger partial charge in [-0.1, -0.05) is 5.56 Å². The second-order valence-corrected chi connectivity index (χ2v) is 3.92. The maximum Gasteiger partial charge on any atom is 0.330 e. The van der Waals surface area contributed by atoms with Crippen molar-refractivity contribution in [2.24, 2.45) is 0 Å². The molecule has 0 bridgehead atoms. The molecule has 0 aliphatic carbocycles. The van der Waals surface area contributed by atoms with E-state index in [9.17, 15) is 0 Å². The third kappa shape index (κ3) is 1.52. The maximum absolute atomic E-state index is 5.25. The molecule has 0 N–H and O–H groups in total. The predicted molar refractivity (Wildman–Crippen MR) is 57.5 cm³/mol. The number of nitrogens with zero attached hydrogens (tertiary/aromatic N) is 1. The Labute approximate surface area is 84.8 Å². The average molecular weight is 190 g/mol. The number of ether oxygens (including phenoxy) is 1. The third-order valence-corrected chi connectivity index (χ3v) is 2.57. The molecule has 1 heterocycles. The minimum Gasteiger partial charge on any atom is -0.443 e. The molecule has 0 atom stereocenters. The average Bonchev–Trinajstić information content (AvgIpc) is 2.54. The van der Waals surface area contributed by atoms with E-state index in [4.69, 9.17) is 4.74 Å². The highest BCUT2D eigenvalue weighted by Gasteiger charge is 2.20. The molecule has 1 aliphatic rings. The Morgan fingerprint density at radius 2 is 1.79 bits per heavy atom. The summed E-state index contributed by atoms with van der Waals surface area (Å²) in [4.78, 5) is 0. The first-order valence-corrected chi connectivity index (χ1v) is 4.98. The fourth-order valence-corrected chi connectivity index (χ4v) is 2.14. The first-order valence-electron chi connectivity index (χ1n) is 4.98. The molecule has 0 amide bonds. The van der Waals surface area contributed by atoms with E-state index in [1.165, 1.54) is 22.4 Å². The van der Waals surface area contributed by atoms with Gasteiger partial charge in [0.15, 0.2) is 13.2 Å². The second kappa shape index (κ2) is 3.45. The highest BCUT2D eigenvalue weighted by atomic mass is 16.5. The summed E-state index contributed by atoms with van der Waals surface area (Å²) < 4.78 is 7.44. The molecule has 2 rings (SSSR count). The fourth-order valence-electron chi connectivity index (χ4n) is 2.14. The number of aryl methyl sites for hydroxylation is 3. The summed E-state index contributed by atoms with van der Waals surface area (Å²) in [6, 6.07) is 4.43. The van der Waals surface area contributed by atoms with Gasteiger partial charge in [-0.05, 0) is 32.9 Å². The van der Waals surface area contributed by atoms with Crippen LogP contribution in [0.3, 0.4) is 0 Å². The minimum absolute atomic E-state index is 0.798. The van der Waals surface area contributed by atoms with Gasteiger partial charge in [0.2, 0.25) is 5.69 Å². The third-order valence-electron chi connectivity index (χ3n) is 2.57. The lowest BCUT2D eigenvalue weighted by Crippen LogP contribution is -2.06. The number of hydrogen-bond donors (Lipinski definition) is 0. The standard InChI is InChI=1S/C12H16NO/c1-9-6-10(2)12(11(3)7-9)13-4-5-14-8-13/h6-8H,4-5H2,1-3H3/q+1. The molecule has 2 nitrogen and oxygen atoms in total. The molecule has 0 unspecified atom stereocenters. The molecule has 2 heteroatoms. The van der Waals surface area contributed by atoms with Gasteiger partial charge < -0.3 is 4.74 Å². The quantitative estimate of drug-likeness (QED) is 0.619. The number of rotatable bonds is 1. The molecular formula is C12H16NO+. The normalized spacial score (nSPS) is 15.2. The van der Waals surface area contributed by atoms with E-state index in [2.05, 4.69) is 37.5 Å². The number of hydrogen-bond acceptors (Lipinski definition) is 1. The van der Waals surface area contributed by atoms with Gasteiger partial charge in [-0.2, -0.15) is 4.58 Å². The second-order valence-electron chi connectivity index (χ2n) is 3.92. The van der Waals surface area contributed by atoms with Crippen molar-refractivity contribution in [3.05, 3.63) is 28.8 Å². The van der Waals surface area contributed by atoms with Gasteiger partial charge in [-0.25, -0.2) is 0 Å². The first kappa shape index (κ1) is 9.25. The smallest absolute Gasteiger partial charge is 0.330 e. The lowest BCUT2D eigenvalue weighted by atomic mass is 10.0. The lowest BCUT2D eigenvalue weighted by Gasteiger charge is -2.05. The van der Waals surface area contributed by atoms with Crippen molar-refractivity contribution < 1.29 is 9.31 Å². The van der Waals surface area contributed by atoms with E-state index < -0.39 is 0 Å². The van der Waals surface area contributed by atoms with Gasteiger partial charge in [-0.15, -0.1) is 0 Å². The Hall–Kier alpha value is -1.31. The van der Waals surface area contributed by atoms with E-state index in [0.29, 0.717) is 0 Å². The Kier molecular flexibility index (Phi) is 2.28. The van der Waals surface area contributed by atoms with E-state index in [1.54, 1.807) is 0 Å². The summed E-state index contributed by atoms with van der Waals surface area (Å²) in [7, 11) is 0. The summed E-state index contributed by atoms with van der Waals surface area (Å²) in [5.41, 5.74) is 5.27. The zero-order valence-corrected chi connectivity index (χ0v) is 9.00. The van der Waals surface area contributed by atoms with Crippen molar-refractivity contribution in [1.29, 1.82) is 0 Å². The zero-order valence-electron chi connectivity index (χ0n) is 9.00. The topological polar surface area (TPSA) is 12.2 Å². The van der Waals surface area contributed by atoms with Gasteiger partial charge in [0.05, 0.1) is 0 Å². The Morgan fingerprint density at radius 3 is 2.29 bits per heavy atom. The van der Waals surface area contributed by atoms with E-state index in [0.717, 1.165) is 13.2 Å². The predicted octanol–water partition coefficient (Wildman–Crippen LogP) is 2.31. The molecule has 0 saturated heterocycles. The van der Waals surface area contributed by atoms with Crippen LogP contribution in [0, 0.1) is 20.8 Å². The Bertz CT molecular complexity index is 370. The van der Waals surface area contributed by atoms with Crippen molar-refractivity contribution >= 4 is 12.1 Å². The molecule has 0 radical (unpaired) electrons. The van der Waals surface area contributed by atoms with E-state index in [-0.39, 0.29) is 0 Å². The molecule has 1 aliphatic heterocycles. The molecular weight excluding hydrogens is 174 g/mol. The highest BCUT2D eigenvalue weighted by Crippen LogP contribution is 2.25. The largest absolute Gasteiger partial charge is 0.443 e. The summed E-state index contributed by atoms with van der Waals surface area (Å²) in [6.45, 7) is 8.20. The molecule has 0 fully saturated rings. The highest BCUT2D eigenvalue weighted by molar-refractivity contribution is 5.53. The molecule has 14 heavy (non-hydrogen) atoms. The summed E-state index contributed by atoms with van der Waals surface area (Å²) in [6.07, 6.45) is 1.82. The van der Waals surface area contributed by atoms with Crippen molar-refractivity contribution in [3.8, 4) is 0 Å². The first-order chi connectivity index (χ1) is 6.68. The molecule has 0 aromatic heterocycles. The van der Waals surface area contributed by atoms with E-state index >= 15 is 0 Å². The van der Waals surface area contributed by atoms with Crippen molar-refractivity contribution in [2.45, 2.75) is 20.8 Å². The molecule has 74 valence electrons. The van der Waals surface area contributed by atoms with Crippen molar-refractivity contribution in [2.75, 3.05) is 13.2 Å². The van der Waals surface area contributed by atoms with Gasteiger partial charge >= 0.3 is 6.40 Å². The molecule has 1 aromatic carbocycles. The van der Waals surface area contributed by atoms with E-state index in [1.807, 2.05) is 6.40 Å². The van der Waals surface area contributed by atoms with Crippen LogP contribution in [0.25, 0.3) is 0 Å². The van der Waals surface area contributed by atoms with Gasteiger partial charge in [0, 0.05) is 11.1 Å². The van der Waals surface area contributed by atoms with Crippen LogP contribution >= 0.6 is 0 Å². The van der Waals surface area contributed by atoms with Crippen LogP contribution in [0.2, 0.25) is 0 Å². The summed E-state index contributed by atoms with van der Waals surface area (Å²) in [5, 5.41) is 0. The van der Waals surface area contributed by atoms with Crippen LogP contribution in [0.15, 0.2) is 12.1 Å². The van der Waals surface area contributed by atoms with Gasteiger partial charge in [0.25, 0.3) is 0 Å². The van der Waals surface area contributed by atoms with Gasteiger partial charge in [0.1, 0.15) is 0 Å². The SMILES string of the molecule is Cc1cc(C)c([N+]2=COCC2)c(C)c1. The summed E-state index contributed by atoms with van der Waals surface area (Å²) >= 11 is 0. The van der Waals surface area contributed by atoms with Crippen molar-refractivity contribution in [3.63, 3.8) is 0 Å². The van der Waals surface area contributed by atoms with Crippen molar-refractivity contribution in [1.82, 2.24) is 0 Å². The van der Waals surface area contributed by atoms with Gasteiger partial charge in [-0.3, -0.25) is 0 Å².